The van der Waals surface area contributed by atoms with Crippen LogP contribution < -0.4 is 9.46 Å². The molecule has 1 aromatic carbocycles. The maximum absolute atomic E-state index is 12.4. The van der Waals surface area contributed by atoms with Crippen LogP contribution in [-0.4, -0.2) is 39.7 Å². The SMILES string of the molecule is COC(=O)Cc1ccc(CCNS(=O)(=O)c2ccccc2OC)n1C. The van der Waals surface area contributed by atoms with Gasteiger partial charge in [0.2, 0.25) is 10.0 Å². The van der Waals surface area contributed by atoms with Crippen LogP contribution in [0.1, 0.15) is 11.4 Å². The number of esters is 1. The minimum Gasteiger partial charge on any atom is -0.495 e. The number of sulfonamides is 1. The Balaban J connectivity index is 2.02. The van der Waals surface area contributed by atoms with Crippen molar-refractivity contribution in [2.45, 2.75) is 17.7 Å². The Morgan fingerprint density at radius 2 is 1.80 bits per heavy atom. The molecule has 8 heteroatoms. The fourth-order valence-corrected chi connectivity index (χ4v) is 3.68. The summed E-state index contributed by atoms with van der Waals surface area (Å²) in [6.07, 6.45) is 0.673. The van der Waals surface area contributed by atoms with Crippen molar-refractivity contribution in [2.75, 3.05) is 20.8 Å². The van der Waals surface area contributed by atoms with Gasteiger partial charge in [0.1, 0.15) is 10.6 Å². The molecule has 1 aromatic heterocycles. The molecule has 1 N–H and O–H groups in total. The smallest absolute Gasteiger partial charge is 0.311 e. The molecule has 0 fully saturated rings. The van der Waals surface area contributed by atoms with Gasteiger partial charge in [0, 0.05) is 31.4 Å². The third-order valence-electron chi connectivity index (χ3n) is 3.91. The van der Waals surface area contributed by atoms with E-state index in [1.165, 1.54) is 20.3 Å². The highest BCUT2D eigenvalue weighted by Gasteiger charge is 2.18. The van der Waals surface area contributed by atoms with Crippen molar-refractivity contribution in [1.82, 2.24) is 9.29 Å². The summed E-state index contributed by atoms with van der Waals surface area (Å²) < 4.78 is 39.0. The van der Waals surface area contributed by atoms with Crippen LogP contribution in [0.4, 0.5) is 0 Å². The van der Waals surface area contributed by atoms with Gasteiger partial charge in [-0.2, -0.15) is 0 Å². The zero-order chi connectivity index (χ0) is 18.4. The molecule has 7 nitrogen and oxygen atoms in total. The van der Waals surface area contributed by atoms with E-state index in [4.69, 9.17) is 4.74 Å². The molecule has 0 saturated heterocycles. The summed E-state index contributed by atoms with van der Waals surface area (Å²) in [6.45, 7) is 0.232. The van der Waals surface area contributed by atoms with Crippen molar-refractivity contribution in [1.29, 1.82) is 0 Å². The molecule has 0 aliphatic carbocycles. The maximum Gasteiger partial charge on any atom is 0.311 e. The lowest BCUT2D eigenvalue weighted by Gasteiger charge is -2.11. The predicted octanol–water partition coefficient (Wildman–Crippen LogP) is 1.27. The van der Waals surface area contributed by atoms with Crippen molar-refractivity contribution in [3.8, 4) is 5.75 Å². The number of benzene rings is 1. The van der Waals surface area contributed by atoms with Crippen molar-refractivity contribution in [3.63, 3.8) is 0 Å². The molecule has 0 unspecified atom stereocenters. The van der Waals surface area contributed by atoms with Gasteiger partial charge < -0.3 is 14.0 Å². The number of carbonyl (C=O) groups is 1. The molecule has 0 aliphatic rings. The van der Waals surface area contributed by atoms with Gasteiger partial charge in [-0.25, -0.2) is 13.1 Å². The molecule has 0 atom stereocenters. The van der Waals surface area contributed by atoms with Gasteiger partial charge in [0.15, 0.2) is 0 Å². The van der Waals surface area contributed by atoms with Crippen LogP contribution in [0.15, 0.2) is 41.3 Å². The highest BCUT2D eigenvalue weighted by Crippen LogP contribution is 2.22. The molecule has 1 heterocycles. The average molecular weight is 366 g/mol. The molecule has 136 valence electrons. The number of nitrogens with one attached hydrogen (secondary N) is 1. The lowest BCUT2D eigenvalue weighted by molar-refractivity contribution is -0.139. The van der Waals surface area contributed by atoms with Crippen LogP contribution >= 0.6 is 0 Å². The second-order valence-electron chi connectivity index (χ2n) is 5.43. The maximum atomic E-state index is 12.4. The lowest BCUT2D eigenvalue weighted by atomic mass is 10.3. The van der Waals surface area contributed by atoms with Gasteiger partial charge in [-0.1, -0.05) is 12.1 Å². The third-order valence-corrected chi connectivity index (χ3v) is 5.42. The predicted molar refractivity (Wildman–Crippen MR) is 93.0 cm³/mol. The topological polar surface area (TPSA) is 86.6 Å². The van der Waals surface area contributed by atoms with Gasteiger partial charge in [-0.05, 0) is 24.3 Å². The highest BCUT2D eigenvalue weighted by molar-refractivity contribution is 7.89. The minimum atomic E-state index is -3.66. The molecule has 2 aromatic rings. The average Bonchev–Trinajstić information content (AvgIpc) is 2.94. The normalized spacial score (nSPS) is 11.3. The second-order valence-corrected chi connectivity index (χ2v) is 7.16. The number of ether oxygens (including phenoxy) is 2. The Morgan fingerprint density at radius 1 is 1.12 bits per heavy atom. The fourth-order valence-electron chi connectivity index (χ4n) is 2.48. The number of methoxy groups -OCH3 is 2. The number of rotatable bonds is 8. The molecule has 0 spiro atoms. The van der Waals surface area contributed by atoms with E-state index in [0.717, 1.165) is 11.4 Å². The number of para-hydroxylation sites is 1. The fraction of sp³-hybridized carbons (Fsp3) is 0.353. The number of nitrogens with zero attached hydrogens (tertiary/aromatic N) is 1. The first-order valence-electron chi connectivity index (χ1n) is 7.72. The molecule has 0 aliphatic heterocycles. The first kappa shape index (κ1) is 19.0. The molecule has 0 amide bonds. The molecule has 25 heavy (non-hydrogen) atoms. The number of hydrogen-bond acceptors (Lipinski definition) is 5. The monoisotopic (exact) mass is 366 g/mol. The molecular formula is C17H22N2O5S. The Labute approximate surface area is 147 Å². The van der Waals surface area contributed by atoms with E-state index >= 15 is 0 Å². The molecule has 0 saturated carbocycles. The van der Waals surface area contributed by atoms with Gasteiger partial charge in [-0.3, -0.25) is 4.79 Å². The van der Waals surface area contributed by atoms with E-state index in [1.807, 2.05) is 23.7 Å². The molecular weight excluding hydrogens is 344 g/mol. The molecule has 0 radical (unpaired) electrons. The summed E-state index contributed by atoms with van der Waals surface area (Å²) in [6, 6.07) is 10.2. The quantitative estimate of drug-likeness (QED) is 0.711. The Bertz CT molecular complexity index is 842. The van der Waals surface area contributed by atoms with Crippen molar-refractivity contribution >= 4 is 16.0 Å². The van der Waals surface area contributed by atoms with Crippen LogP contribution in [0.3, 0.4) is 0 Å². The second kappa shape index (κ2) is 8.17. The summed E-state index contributed by atoms with van der Waals surface area (Å²) in [5.41, 5.74) is 1.73. The molecule has 2 rings (SSSR count). The molecule has 0 bridgehead atoms. The zero-order valence-corrected chi connectivity index (χ0v) is 15.3. The van der Waals surface area contributed by atoms with Gasteiger partial charge in [-0.15, -0.1) is 0 Å². The zero-order valence-electron chi connectivity index (χ0n) is 14.5. The van der Waals surface area contributed by atoms with Crippen molar-refractivity contribution in [2.24, 2.45) is 7.05 Å². The van der Waals surface area contributed by atoms with Crippen LogP contribution in [-0.2, 0) is 39.4 Å². The number of carbonyl (C=O) groups excluding carboxylic acids is 1. The Hall–Kier alpha value is -2.32. The Kier molecular flexibility index (Phi) is 6.22. The van der Waals surface area contributed by atoms with Crippen LogP contribution in [0.2, 0.25) is 0 Å². The van der Waals surface area contributed by atoms with E-state index in [9.17, 15) is 13.2 Å². The van der Waals surface area contributed by atoms with Crippen LogP contribution in [0.5, 0.6) is 5.75 Å². The van der Waals surface area contributed by atoms with E-state index in [2.05, 4.69) is 9.46 Å². The first-order chi connectivity index (χ1) is 11.9. The van der Waals surface area contributed by atoms with E-state index in [1.54, 1.807) is 18.2 Å². The van der Waals surface area contributed by atoms with Crippen LogP contribution in [0, 0.1) is 0 Å². The van der Waals surface area contributed by atoms with Gasteiger partial charge in [0.25, 0.3) is 0 Å². The first-order valence-corrected chi connectivity index (χ1v) is 9.20. The lowest BCUT2D eigenvalue weighted by Crippen LogP contribution is -2.27. The summed E-state index contributed by atoms with van der Waals surface area (Å²) in [7, 11) is 0.953. The summed E-state index contributed by atoms with van der Waals surface area (Å²) >= 11 is 0. The highest BCUT2D eigenvalue weighted by atomic mass is 32.2. The third kappa shape index (κ3) is 4.61. The number of hydrogen-bond donors (Lipinski definition) is 1. The minimum absolute atomic E-state index is 0.107. The van der Waals surface area contributed by atoms with E-state index < -0.39 is 10.0 Å². The standard InChI is InChI=1S/C17H22N2O5S/c1-19-13(8-9-14(19)12-17(20)24-3)10-11-18-25(21,22)16-7-5-4-6-15(16)23-2/h4-9,18H,10-12H2,1-3H3. The van der Waals surface area contributed by atoms with Gasteiger partial charge >= 0.3 is 5.97 Å². The van der Waals surface area contributed by atoms with E-state index in [-0.39, 0.29) is 23.8 Å². The van der Waals surface area contributed by atoms with E-state index in [0.29, 0.717) is 12.2 Å². The van der Waals surface area contributed by atoms with Crippen LogP contribution in [0.25, 0.3) is 0 Å². The summed E-state index contributed by atoms with van der Waals surface area (Å²) in [5.74, 6) is -0.0149. The summed E-state index contributed by atoms with van der Waals surface area (Å²) in [4.78, 5) is 11.5. The van der Waals surface area contributed by atoms with Gasteiger partial charge in [0.05, 0.1) is 20.6 Å². The Morgan fingerprint density at radius 3 is 2.48 bits per heavy atom. The largest absolute Gasteiger partial charge is 0.495 e. The number of aromatic nitrogens is 1. The van der Waals surface area contributed by atoms with Crippen molar-refractivity contribution in [3.05, 3.63) is 47.8 Å². The van der Waals surface area contributed by atoms with Crippen molar-refractivity contribution < 1.29 is 22.7 Å². The summed E-state index contributed by atoms with van der Waals surface area (Å²) in [5, 5.41) is 0.